The highest BCUT2D eigenvalue weighted by atomic mass is 35.5. The fraction of sp³-hybridized carbons (Fsp3) is 0.400. The van der Waals surface area contributed by atoms with Crippen molar-refractivity contribution in [2.24, 2.45) is 0 Å². The Labute approximate surface area is 73.8 Å². The number of halogens is 2. The third-order valence-electron chi connectivity index (χ3n) is 0.999. The molecule has 60 valence electrons. The van der Waals surface area contributed by atoms with Crippen LogP contribution in [-0.2, 0) is 0 Å². The standard InChI is InChI=1S/C5H6Cl2N4/c1-2(6)3-9-4(7)11-5(8)10-3/h2H,1H3,(H2,8,9,10,11). The van der Waals surface area contributed by atoms with Gasteiger partial charge in [-0.1, -0.05) is 0 Å². The molecule has 0 radical (unpaired) electrons. The van der Waals surface area contributed by atoms with Gasteiger partial charge in [0.2, 0.25) is 11.2 Å². The largest absolute Gasteiger partial charge is 0.368 e. The van der Waals surface area contributed by atoms with E-state index < -0.39 is 0 Å². The lowest BCUT2D eigenvalue weighted by atomic mass is 10.4. The Morgan fingerprint density at radius 3 is 2.45 bits per heavy atom. The van der Waals surface area contributed by atoms with Gasteiger partial charge in [-0.25, -0.2) is 4.98 Å². The van der Waals surface area contributed by atoms with Crippen LogP contribution in [0.5, 0.6) is 0 Å². The topological polar surface area (TPSA) is 64.7 Å². The molecule has 1 aromatic heterocycles. The summed E-state index contributed by atoms with van der Waals surface area (Å²) in [6, 6.07) is 0. The number of nitrogen functional groups attached to an aromatic ring is 1. The SMILES string of the molecule is CC(Cl)c1nc(N)nc(Cl)n1. The lowest BCUT2D eigenvalue weighted by Crippen LogP contribution is -2.03. The van der Waals surface area contributed by atoms with Crippen molar-refractivity contribution in [3.8, 4) is 0 Å². The van der Waals surface area contributed by atoms with E-state index in [1.165, 1.54) is 0 Å². The van der Waals surface area contributed by atoms with E-state index in [1.807, 2.05) is 0 Å². The van der Waals surface area contributed by atoms with Crippen LogP contribution in [0.25, 0.3) is 0 Å². The first-order chi connectivity index (χ1) is 5.09. The molecule has 0 aliphatic heterocycles. The van der Waals surface area contributed by atoms with Crippen molar-refractivity contribution in [3.63, 3.8) is 0 Å². The molecule has 0 saturated heterocycles. The van der Waals surface area contributed by atoms with Crippen LogP contribution in [0.2, 0.25) is 5.28 Å². The molecule has 0 bridgehead atoms. The predicted octanol–water partition coefficient (Wildman–Crippen LogP) is 1.41. The Morgan fingerprint density at radius 1 is 1.36 bits per heavy atom. The lowest BCUT2D eigenvalue weighted by molar-refractivity contribution is 0.883. The highest BCUT2D eigenvalue weighted by molar-refractivity contribution is 6.28. The van der Waals surface area contributed by atoms with Gasteiger partial charge in [0, 0.05) is 0 Å². The zero-order chi connectivity index (χ0) is 8.43. The van der Waals surface area contributed by atoms with Crippen molar-refractivity contribution in [1.29, 1.82) is 0 Å². The summed E-state index contributed by atoms with van der Waals surface area (Å²) in [5.74, 6) is 0.483. The van der Waals surface area contributed by atoms with Gasteiger partial charge in [-0.15, -0.1) is 11.6 Å². The fourth-order valence-electron chi connectivity index (χ4n) is 0.559. The number of alkyl halides is 1. The molecule has 0 aliphatic carbocycles. The van der Waals surface area contributed by atoms with Crippen LogP contribution in [0.1, 0.15) is 18.1 Å². The summed E-state index contributed by atoms with van der Waals surface area (Å²) in [5, 5.41) is -0.238. The zero-order valence-electron chi connectivity index (χ0n) is 5.75. The van der Waals surface area contributed by atoms with Gasteiger partial charge in [0.15, 0.2) is 5.82 Å². The minimum atomic E-state index is -0.308. The Hall–Kier alpha value is -0.610. The third-order valence-corrected chi connectivity index (χ3v) is 1.36. The molecule has 1 rings (SSSR count). The number of nitrogens with two attached hydrogens (primary N) is 1. The quantitative estimate of drug-likeness (QED) is 0.684. The highest BCUT2D eigenvalue weighted by Crippen LogP contribution is 2.16. The molecule has 4 nitrogen and oxygen atoms in total. The maximum atomic E-state index is 5.68. The summed E-state index contributed by atoms with van der Waals surface area (Å²) in [6.07, 6.45) is 0. The molecule has 2 N–H and O–H groups in total. The van der Waals surface area contributed by atoms with E-state index in [-0.39, 0.29) is 16.6 Å². The summed E-state index contributed by atoms with van der Waals surface area (Å²) in [6.45, 7) is 1.73. The van der Waals surface area contributed by atoms with Gasteiger partial charge >= 0.3 is 0 Å². The monoisotopic (exact) mass is 192 g/mol. The molecule has 1 heterocycles. The Morgan fingerprint density at radius 2 is 2.00 bits per heavy atom. The van der Waals surface area contributed by atoms with Crippen LogP contribution in [-0.4, -0.2) is 15.0 Å². The molecule has 0 aliphatic rings. The molecule has 1 unspecified atom stereocenters. The van der Waals surface area contributed by atoms with Gasteiger partial charge in [-0.2, -0.15) is 9.97 Å². The van der Waals surface area contributed by atoms with Crippen LogP contribution in [0.15, 0.2) is 0 Å². The van der Waals surface area contributed by atoms with Crippen LogP contribution < -0.4 is 5.73 Å². The molecule has 0 fully saturated rings. The summed E-state index contributed by atoms with van der Waals surface area (Å²) in [7, 11) is 0. The van der Waals surface area contributed by atoms with E-state index in [0.717, 1.165) is 0 Å². The van der Waals surface area contributed by atoms with Crippen LogP contribution in [0.4, 0.5) is 5.95 Å². The third kappa shape index (κ3) is 2.17. The highest BCUT2D eigenvalue weighted by Gasteiger charge is 2.07. The summed E-state index contributed by atoms with van der Waals surface area (Å²) in [4.78, 5) is 11.1. The average molecular weight is 193 g/mol. The lowest BCUT2D eigenvalue weighted by Gasteiger charge is -2.00. The van der Waals surface area contributed by atoms with Gasteiger partial charge in [-0.05, 0) is 18.5 Å². The van der Waals surface area contributed by atoms with Gasteiger partial charge in [0.1, 0.15) is 0 Å². The smallest absolute Gasteiger partial charge is 0.227 e. The summed E-state index contributed by atoms with van der Waals surface area (Å²) in [5.41, 5.74) is 5.29. The molecule has 0 saturated carbocycles. The second-order valence-electron chi connectivity index (χ2n) is 1.94. The fourth-order valence-corrected chi connectivity index (χ4v) is 0.830. The Kier molecular flexibility index (Phi) is 2.46. The van der Waals surface area contributed by atoms with Crippen molar-refractivity contribution < 1.29 is 0 Å². The van der Waals surface area contributed by atoms with E-state index in [4.69, 9.17) is 28.9 Å². The second-order valence-corrected chi connectivity index (χ2v) is 2.93. The van der Waals surface area contributed by atoms with Crippen molar-refractivity contribution in [1.82, 2.24) is 15.0 Å². The summed E-state index contributed by atoms with van der Waals surface area (Å²) < 4.78 is 0. The number of hydrogen-bond donors (Lipinski definition) is 1. The molecular formula is C5H6Cl2N4. The minimum Gasteiger partial charge on any atom is -0.368 e. The number of hydrogen-bond acceptors (Lipinski definition) is 4. The maximum Gasteiger partial charge on any atom is 0.227 e. The van der Waals surface area contributed by atoms with E-state index in [2.05, 4.69) is 15.0 Å². The van der Waals surface area contributed by atoms with Crippen molar-refractivity contribution in [3.05, 3.63) is 11.1 Å². The molecule has 1 aromatic rings. The van der Waals surface area contributed by atoms with Crippen molar-refractivity contribution >= 4 is 29.2 Å². The molecular weight excluding hydrogens is 187 g/mol. The second kappa shape index (κ2) is 3.19. The first kappa shape index (κ1) is 8.49. The van der Waals surface area contributed by atoms with Crippen LogP contribution >= 0.6 is 23.2 Å². The van der Waals surface area contributed by atoms with Crippen molar-refractivity contribution in [2.75, 3.05) is 5.73 Å². The molecule has 11 heavy (non-hydrogen) atoms. The number of nitrogens with zero attached hydrogens (tertiary/aromatic N) is 3. The first-order valence-corrected chi connectivity index (χ1v) is 3.72. The normalized spacial score (nSPS) is 13.0. The van der Waals surface area contributed by atoms with E-state index >= 15 is 0 Å². The van der Waals surface area contributed by atoms with Crippen LogP contribution in [0, 0.1) is 0 Å². The summed E-state index contributed by atoms with van der Waals surface area (Å²) >= 11 is 11.2. The Bertz CT molecular complexity index is 242. The van der Waals surface area contributed by atoms with Crippen molar-refractivity contribution in [2.45, 2.75) is 12.3 Å². The minimum absolute atomic E-state index is 0.0694. The van der Waals surface area contributed by atoms with E-state index in [0.29, 0.717) is 5.82 Å². The Balaban J connectivity index is 3.08. The molecule has 1 atom stereocenters. The predicted molar refractivity (Wildman–Crippen MR) is 43.5 cm³/mol. The molecule has 0 spiro atoms. The number of rotatable bonds is 1. The zero-order valence-corrected chi connectivity index (χ0v) is 7.26. The average Bonchev–Trinajstić information content (AvgIpc) is 1.85. The van der Waals surface area contributed by atoms with E-state index in [1.54, 1.807) is 6.92 Å². The van der Waals surface area contributed by atoms with Gasteiger partial charge < -0.3 is 5.73 Å². The maximum absolute atomic E-state index is 5.68. The van der Waals surface area contributed by atoms with E-state index in [9.17, 15) is 0 Å². The van der Waals surface area contributed by atoms with Gasteiger partial charge in [-0.3, -0.25) is 0 Å². The van der Waals surface area contributed by atoms with Gasteiger partial charge in [0.05, 0.1) is 5.38 Å². The molecule has 0 aromatic carbocycles. The number of anilines is 1. The van der Waals surface area contributed by atoms with Gasteiger partial charge in [0.25, 0.3) is 0 Å². The number of aromatic nitrogens is 3. The molecule has 6 heteroatoms. The molecule has 0 amide bonds. The first-order valence-electron chi connectivity index (χ1n) is 2.90. The van der Waals surface area contributed by atoms with Crippen LogP contribution in [0.3, 0.4) is 0 Å².